The van der Waals surface area contributed by atoms with Crippen LogP contribution in [0.5, 0.6) is 0 Å². The molecule has 7 heteroatoms. The average molecular weight is 288 g/mol. The maximum Gasteiger partial charge on any atom is 0.239 e. The first-order valence-electron chi connectivity index (χ1n) is 6.27. The summed E-state index contributed by atoms with van der Waals surface area (Å²) in [6.45, 7) is 0.916. The molecule has 20 heavy (non-hydrogen) atoms. The van der Waals surface area contributed by atoms with E-state index in [4.69, 9.17) is 10.5 Å². The van der Waals surface area contributed by atoms with Gasteiger partial charge < -0.3 is 10.5 Å². The molecular formula is C13H15F3N2O2. The molecule has 4 nitrogen and oxygen atoms in total. The second-order valence-corrected chi connectivity index (χ2v) is 4.67. The number of benzene rings is 1. The van der Waals surface area contributed by atoms with Gasteiger partial charge in [0.25, 0.3) is 0 Å². The lowest BCUT2D eigenvalue weighted by Gasteiger charge is -2.19. The van der Waals surface area contributed by atoms with Crippen molar-refractivity contribution in [2.75, 3.05) is 13.2 Å². The van der Waals surface area contributed by atoms with Crippen molar-refractivity contribution in [1.82, 2.24) is 5.32 Å². The number of nitrogens with two attached hydrogens (primary N) is 1. The van der Waals surface area contributed by atoms with Crippen LogP contribution in [-0.4, -0.2) is 25.2 Å². The van der Waals surface area contributed by atoms with Gasteiger partial charge in [-0.1, -0.05) is 0 Å². The van der Waals surface area contributed by atoms with Gasteiger partial charge in [-0.2, -0.15) is 0 Å². The lowest BCUT2D eigenvalue weighted by Crippen LogP contribution is -2.38. The molecule has 0 radical (unpaired) electrons. The Bertz CT molecular complexity index is 505. The summed E-state index contributed by atoms with van der Waals surface area (Å²) in [4.78, 5) is 11.4. The SMILES string of the molecule is NC(=O)C(NCC1CCCO1)c1cc(F)c(F)cc1F. The number of hydrogen-bond donors (Lipinski definition) is 2. The van der Waals surface area contributed by atoms with Crippen molar-refractivity contribution in [3.8, 4) is 0 Å². The highest BCUT2D eigenvalue weighted by molar-refractivity contribution is 5.81. The van der Waals surface area contributed by atoms with E-state index in [1.54, 1.807) is 0 Å². The molecule has 1 aliphatic rings. The number of nitrogens with one attached hydrogen (secondary N) is 1. The molecule has 1 heterocycles. The molecule has 0 saturated carbocycles. The van der Waals surface area contributed by atoms with Crippen LogP contribution >= 0.6 is 0 Å². The maximum atomic E-state index is 13.7. The highest BCUT2D eigenvalue weighted by Crippen LogP contribution is 2.21. The fourth-order valence-corrected chi connectivity index (χ4v) is 2.18. The van der Waals surface area contributed by atoms with E-state index in [0.29, 0.717) is 18.7 Å². The van der Waals surface area contributed by atoms with Gasteiger partial charge >= 0.3 is 0 Å². The highest BCUT2D eigenvalue weighted by Gasteiger charge is 2.25. The second kappa shape index (κ2) is 6.23. The lowest BCUT2D eigenvalue weighted by molar-refractivity contribution is -0.120. The number of carbonyl (C=O) groups is 1. The van der Waals surface area contributed by atoms with Gasteiger partial charge in [0.15, 0.2) is 11.6 Å². The van der Waals surface area contributed by atoms with Crippen molar-refractivity contribution in [3.63, 3.8) is 0 Å². The van der Waals surface area contributed by atoms with Gasteiger partial charge in [-0.25, -0.2) is 13.2 Å². The molecule has 1 saturated heterocycles. The number of carbonyl (C=O) groups excluding carboxylic acids is 1. The van der Waals surface area contributed by atoms with Crippen molar-refractivity contribution in [1.29, 1.82) is 0 Å². The smallest absolute Gasteiger partial charge is 0.239 e. The van der Waals surface area contributed by atoms with Crippen LogP contribution in [0.15, 0.2) is 12.1 Å². The van der Waals surface area contributed by atoms with E-state index >= 15 is 0 Å². The molecule has 1 aromatic carbocycles. The average Bonchev–Trinajstić information content (AvgIpc) is 2.88. The van der Waals surface area contributed by atoms with Crippen LogP contribution in [-0.2, 0) is 9.53 Å². The molecule has 2 atom stereocenters. The van der Waals surface area contributed by atoms with E-state index in [-0.39, 0.29) is 18.2 Å². The number of halogens is 3. The summed E-state index contributed by atoms with van der Waals surface area (Å²) < 4.78 is 45.1. The minimum absolute atomic E-state index is 0.0924. The Morgan fingerprint density at radius 2 is 2.05 bits per heavy atom. The minimum Gasteiger partial charge on any atom is -0.377 e. The Kier molecular flexibility index (Phi) is 4.61. The van der Waals surface area contributed by atoms with Crippen LogP contribution in [0.25, 0.3) is 0 Å². The molecule has 1 aromatic rings. The molecule has 0 aromatic heterocycles. The Morgan fingerprint density at radius 1 is 1.35 bits per heavy atom. The summed E-state index contributed by atoms with van der Waals surface area (Å²) in [6.07, 6.45) is 1.64. The van der Waals surface area contributed by atoms with Gasteiger partial charge in [-0.3, -0.25) is 10.1 Å². The van der Waals surface area contributed by atoms with E-state index < -0.39 is 29.4 Å². The lowest BCUT2D eigenvalue weighted by atomic mass is 10.0. The van der Waals surface area contributed by atoms with Crippen molar-refractivity contribution >= 4 is 5.91 Å². The zero-order valence-electron chi connectivity index (χ0n) is 10.7. The molecule has 2 unspecified atom stereocenters. The number of primary amides is 1. The molecule has 3 N–H and O–H groups in total. The Hall–Kier alpha value is -1.60. The van der Waals surface area contributed by atoms with E-state index in [0.717, 1.165) is 12.8 Å². The van der Waals surface area contributed by atoms with E-state index in [1.165, 1.54) is 0 Å². The monoisotopic (exact) mass is 288 g/mol. The predicted octanol–water partition coefficient (Wildman–Crippen LogP) is 1.40. The van der Waals surface area contributed by atoms with Crippen molar-refractivity contribution in [3.05, 3.63) is 35.1 Å². The molecule has 1 amide bonds. The zero-order chi connectivity index (χ0) is 14.7. The number of rotatable bonds is 5. The second-order valence-electron chi connectivity index (χ2n) is 4.67. The quantitative estimate of drug-likeness (QED) is 0.805. The fraction of sp³-hybridized carbons (Fsp3) is 0.462. The zero-order valence-corrected chi connectivity index (χ0v) is 10.7. The first-order valence-corrected chi connectivity index (χ1v) is 6.27. The fourth-order valence-electron chi connectivity index (χ4n) is 2.18. The Balaban J connectivity index is 2.15. The molecule has 1 aliphatic heterocycles. The Labute approximate surface area is 114 Å². The predicted molar refractivity (Wildman–Crippen MR) is 65.2 cm³/mol. The first kappa shape index (κ1) is 14.8. The first-order chi connectivity index (χ1) is 9.49. The maximum absolute atomic E-state index is 13.7. The van der Waals surface area contributed by atoms with E-state index in [1.807, 2.05) is 0 Å². The van der Waals surface area contributed by atoms with Crippen LogP contribution in [0, 0.1) is 17.5 Å². The molecule has 110 valence electrons. The summed E-state index contributed by atoms with van der Waals surface area (Å²) >= 11 is 0. The summed E-state index contributed by atoms with van der Waals surface area (Å²) in [5.74, 6) is -4.43. The topological polar surface area (TPSA) is 64.4 Å². The van der Waals surface area contributed by atoms with Gasteiger partial charge in [0.1, 0.15) is 11.9 Å². The van der Waals surface area contributed by atoms with Crippen LogP contribution in [0.4, 0.5) is 13.2 Å². The third-order valence-electron chi connectivity index (χ3n) is 3.21. The molecule has 0 bridgehead atoms. The van der Waals surface area contributed by atoms with Crippen molar-refractivity contribution < 1.29 is 22.7 Å². The van der Waals surface area contributed by atoms with Crippen LogP contribution in [0.3, 0.4) is 0 Å². The molecule has 1 fully saturated rings. The van der Waals surface area contributed by atoms with Crippen molar-refractivity contribution in [2.24, 2.45) is 5.73 Å². The summed E-state index contributed by atoms with van der Waals surface area (Å²) in [6, 6.07) is -0.189. The summed E-state index contributed by atoms with van der Waals surface area (Å²) in [7, 11) is 0. The van der Waals surface area contributed by atoms with Gasteiger partial charge in [-0.05, 0) is 18.9 Å². The van der Waals surface area contributed by atoms with E-state index in [9.17, 15) is 18.0 Å². The van der Waals surface area contributed by atoms with Gasteiger partial charge in [0.2, 0.25) is 5.91 Å². The Morgan fingerprint density at radius 3 is 2.65 bits per heavy atom. The van der Waals surface area contributed by atoms with Gasteiger partial charge in [0.05, 0.1) is 6.10 Å². The normalized spacial score (nSPS) is 20.1. The largest absolute Gasteiger partial charge is 0.377 e. The summed E-state index contributed by atoms with van der Waals surface area (Å²) in [5.41, 5.74) is 4.87. The van der Waals surface area contributed by atoms with Gasteiger partial charge in [-0.15, -0.1) is 0 Å². The number of amides is 1. The molecular weight excluding hydrogens is 273 g/mol. The minimum atomic E-state index is -1.31. The summed E-state index contributed by atoms with van der Waals surface area (Å²) in [5, 5.41) is 2.74. The third-order valence-corrected chi connectivity index (χ3v) is 3.21. The molecule has 0 spiro atoms. The third kappa shape index (κ3) is 3.29. The number of hydrogen-bond acceptors (Lipinski definition) is 3. The van der Waals surface area contributed by atoms with Crippen LogP contribution in [0.1, 0.15) is 24.4 Å². The van der Waals surface area contributed by atoms with Gasteiger partial charge in [0, 0.05) is 24.8 Å². The van der Waals surface area contributed by atoms with Crippen molar-refractivity contribution in [2.45, 2.75) is 25.0 Å². The molecule has 0 aliphatic carbocycles. The van der Waals surface area contributed by atoms with Crippen LogP contribution in [0.2, 0.25) is 0 Å². The molecule has 2 rings (SSSR count). The highest BCUT2D eigenvalue weighted by atomic mass is 19.2. The van der Waals surface area contributed by atoms with E-state index in [2.05, 4.69) is 5.32 Å². The standard InChI is InChI=1S/C13H15F3N2O2/c14-9-5-11(16)10(15)4-8(9)12(13(17)19)18-6-7-2-1-3-20-7/h4-5,7,12,18H,1-3,6H2,(H2,17,19). The van der Waals surface area contributed by atoms with Crippen LogP contribution < -0.4 is 11.1 Å². The number of ether oxygens (including phenoxy) is 1.